The fraction of sp³-hybridized carbons (Fsp3) is 0.500. The molecule has 1 rings (SSSR count). The van der Waals surface area contributed by atoms with Gasteiger partial charge in [0.1, 0.15) is 5.54 Å². The van der Waals surface area contributed by atoms with Gasteiger partial charge in [0, 0.05) is 13.0 Å². The van der Waals surface area contributed by atoms with E-state index in [9.17, 15) is 14.7 Å². The smallest absolute Gasteiger partial charge is 0.329 e. The second-order valence-corrected chi connectivity index (χ2v) is 5.43. The molecule has 20 heavy (non-hydrogen) atoms. The van der Waals surface area contributed by atoms with E-state index in [0.717, 1.165) is 11.1 Å². The van der Waals surface area contributed by atoms with E-state index < -0.39 is 11.5 Å². The summed E-state index contributed by atoms with van der Waals surface area (Å²) in [6.45, 7) is 7.33. The van der Waals surface area contributed by atoms with Gasteiger partial charge < -0.3 is 10.0 Å². The Bertz CT molecular complexity index is 494. The van der Waals surface area contributed by atoms with E-state index in [1.807, 2.05) is 31.2 Å². The Balaban J connectivity index is 2.75. The van der Waals surface area contributed by atoms with Gasteiger partial charge in [-0.15, -0.1) is 0 Å². The number of carbonyl (C=O) groups excluding carboxylic acids is 1. The molecule has 0 bridgehead atoms. The van der Waals surface area contributed by atoms with E-state index in [0.29, 0.717) is 19.4 Å². The van der Waals surface area contributed by atoms with Crippen molar-refractivity contribution in [1.29, 1.82) is 0 Å². The Hall–Kier alpha value is -1.84. The lowest BCUT2D eigenvalue weighted by Crippen LogP contribution is -2.52. The Morgan fingerprint density at radius 1 is 1.25 bits per heavy atom. The number of rotatable bonds is 6. The summed E-state index contributed by atoms with van der Waals surface area (Å²) in [5.41, 5.74) is 1.11. The first-order chi connectivity index (χ1) is 9.30. The number of aliphatic carboxylic acids is 1. The first kappa shape index (κ1) is 16.2. The number of nitrogens with zero attached hydrogens (tertiary/aromatic N) is 1. The second kappa shape index (κ2) is 6.55. The maximum Gasteiger partial charge on any atom is 0.329 e. The lowest BCUT2D eigenvalue weighted by Gasteiger charge is -2.34. The summed E-state index contributed by atoms with van der Waals surface area (Å²) >= 11 is 0. The zero-order valence-corrected chi connectivity index (χ0v) is 12.6. The fourth-order valence-electron chi connectivity index (χ4n) is 2.27. The van der Waals surface area contributed by atoms with Crippen LogP contribution in [0.3, 0.4) is 0 Å². The minimum Gasteiger partial charge on any atom is -0.480 e. The molecule has 1 amide bonds. The Morgan fingerprint density at radius 2 is 1.85 bits per heavy atom. The standard InChI is InChI=1S/C16H23NO3/c1-5-17(16(3,4)15(19)20)14(18)11-10-13-9-7-6-8-12(13)2/h6-9H,5,10-11H2,1-4H3,(H,19,20). The molecule has 0 saturated heterocycles. The van der Waals surface area contributed by atoms with E-state index in [-0.39, 0.29) is 5.91 Å². The molecule has 0 aliphatic rings. The number of hydrogen-bond acceptors (Lipinski definition) is 2. The summed E-state index contributed by atoms with van der Waals surface area (Å²) < 4.78 is 0. The van der Waals surface area contributed by atoms with E-state index in [1.165, 1.54) is 4.90 Å². The van der Waals surface area contributed by atoms with Gasteiger partial charge in [-0.2, -0.15) is 0 Å². The number of carboxylic acid groups (broad SMARTS) is 1. The van der Waals surface area contributed by atoms with Crippen molar-refractivity contribution in [3.05, 3.63) is 35.4 Å². The van der Waals surface area contributed by atoms with Crippen LogP contribution in [0.25, 0.3) is 0 Å². The maximum atomic E-state index is 12.3. The number of hydrogen-bond donors (Lipinski definition) is 1. The summed E-state index contributed by atoms with van der Waals surface area (Å²) in [7, 11) is 0. The van der Waals surface area contributed by atoms with Gasteiger partial charge in [0.15, 0.2) is 0 Å². The van der Waals surface area contributed by atoms with Crippen LogP contribution in [-0.2, 0) is 16.0 Å². The molecule has 0 atom stereocenters. The average Bonchev–Trinajstić information content (AvgIpc) is 2.38. The highest BCUT2D eigenvalue weighted by molar-refractivity contribution is 5.86. The normalized spacial score (nSPS) is 11.2. The van der Waals surface area contributed by atoms with Gasteiger partial charge in [0.2, 0.25) is 5.91 Å². The highest BCUT2D eigenvalue weighted by Gasteiger charge is 2.36. The second-order valence-electron chi connectivity index (χ2n) is 5.43. The van der Waals surface area contributed by atoms with Crippen molar-refractivity contribution >= 4 is 11.9 Å². The molecule has 1 aromatic carbocycles. The number of likely N-dealkylation sites (N-methyl/N-ethyl adjacent to an activating group) is 1. The van der Waals surface area contributed by atoms with Crippen LogP contribution in [0.15, 0.2) is 24.3 Å². The molecule has 0 aromatic heterocycles. The van der Waals surface area contributed by atoms with Crippen LogP contribution in [0.2, 0.25) is 0 Å². The largest absolute Gasteiger partial charge is 0.480 e. The molecule has 0 saturated carbocycles. The Kier molecular flexibility index (Phi) is 5.31. The van der Waals surface area contributed by atoms with Crippen molar-refractivity contribution in [2.45, 2.75) is 46.1 Å². The van der Waals surface area contributed by atoms with Crippen LogP contribution in [0, 0.1) is 6.92 Å². The van der Waals surface area contributed by atoms with E-state index >= 15 is 0 Å². The van der Waals surface area contributed by atoms with Crippen molar-refractivity contribution < 1.29 is 14.7 Å². The van der Waals surface area contributed by atoms with Crippen LogP contribution < -0.4 is 0 Å². The molecule has 0 radical (unpaired) electrons. The summed E-state index contributed by atoms with van der Waals surface area (Å²) in [6, 6.07) is 7.93. The van der Waals surface area contributed by atoms with Gasteiger partial charge in [0.05, 0.1) is 0 Å². The molecule has 0 heterocycles. The molecule has 4 nitrogen and oxygen atoms in total. The lowest BCUT2D eigenvalue weighted by molar-refractivity contribution is -0.156. The van der Waals surface area contributed by atoms with Crippen molar-refractivity contribution in [3.63, 3.8) is 0 Å². The zero-order chi connectivity index (χ0) is 15.3. The summed E-state index contributed by atoms with van der Waals surface area (Å²) in [4.78, 5) is 25.0. The highest BCUT2D eigenvalue weighted by Crippen LogP contribution is 2.17. The molecule has 0 unspecified atom stereocenters. The molecule has 0 spiro atoms. The summed E-state index contributed by atoms with van der Waals surface area (Å²) in [6.07, 6.45) is 0.965. The lowest BCUT2D eigenvalue weighted by atomic mass is 10.00. The van der Waals surface area contributed by atoms with Gasteiger partial charge in [-0.25, -0.2) is 4.79 Å². The van der Waals surface area contributed by atoms with Gasteiger partial charge in [-0.1, -0.05) is 24.3 Å². The van der Waals surface area contributed by atoms with Crippen LogP contribution in [-0.4, -0.2) is 34.0 Å². The third-order valence-electron chi connectivity index (χ3n) is 3.68. The Labute approximate surface area is 120 Å². The van der Waals surface area contributed by atoms with E-state index in [1.54, 1.807) is 20.8 Å². The summed E-state index contributed by atoms with van der Waals surface area (Å²) in [5.74, 6) is -1.10. The number of benzene rings is 1. The predicted octanol–water partition coefficient (Wildman–Crippen LogP) is 2.64. The average molecular weight is 277 g/mol. The molecule has 0 aliphatic carbocycles. The molecular formula is C16H23NO3. The molecule has 1 aromatic rings. The van der Waals surface area contributed by atoms with E-state index in [4.69, 9.17) is 0 Å². The highest BCUT2D eigenvalue weighted by atomic mass is 16.4. The Morgan fingerprint density at radius 3 is 2.35 bits per heavy atom. The van der Waals surface area contributed by atoms with Crippen LogP contribution >= 0.6 is 0 Å². The van der Waals surface area contributed by atoms with Crippen molar-refractivity contribution in [2.24, 2.45) is 0 Å². The third kappa shape index (κ3) is 3.59. The monoisotopic (exact) mass is 277 g/mol. The fourth-order valence-corrected chi connectivity index (χ4v) is 2.27. The minimum atomic E-state index is -1.17. The van der Waals surface area contributed by atoms with Crippen LogP contribution in [0.4, 0.5) is 0 Å². The maximum absolute atomic E-state index is 12.3. The molecule has 4 heteroatoms. The summed E-state index contributed by atoms with van der Waals surface area (Å²) in [5, 5.41) is 9.23. The zero-order valence-electron chi connectivity index (χ0n) is 12.6. The van der Waals surface area contributed by atoms with Crippen molar-refractivity contribution in [1.82, 2.24) is 4.90 Å². The number of carboxylic acids is 1. The molecule has 0 fully saturated rings. The third-order valence-corrected chi connectivity index (χ3v) is 3.68. The first-order valence-electron chi connectivity index (χ1n) is 6.89. The topological polar surface area (TPSA) is 57.6 Å². The van der Waals surface area contributed by atoms with Gasteiger partial charge in [-0.05, 0) is 45.2 Å². The van der Waals surface area contributed by atoms with Crippen molar-refractivity contribution in [3.8, 4) is 0 Å². The SMILES string of the molecule is CCN(C(=O)CCc1ccccc1C)C(C)(C)C(=O)O. The number of aryl methyl sites for hydroxylation is 2. The number of amides is 1. The van der Waals surface area contributed by atoms with Gasteiger partial charge in [0.25, 0.3) is 0 Å². The van der Waals surface area contributed by atoms with Gasteiger partial charge in [-0.3, -0.25) is 4.79 Å². The van der Waals surface area contributed by atoms with E-state index in [2.05, 4.69) is 0 Å². The first-order valence-corrected chi connectivity index (χ1v) is 6.89. The predicted molar refractivity (Wildman–Crippen MR) is 78.6 cm³/mol. The van der Waals surface area contributed by atoms with Crippen molar-refractivity contribution in [2.75, 3.05) is 6.54 Å². The van der Waals surface area contributed by atoms with Gasteiger partial charge >= 0.3 is 5.97 Å². The molecule has 0 aliphatic heterocycles. The van der Waals surface area contributed by atoms with Crippen LogP contribution in [0.1, 0.15) is 38.3 Å². The van der Waals surface area contributed by atoms with Crippen LogP contribution in [0.5, 0.6) is 0 Å². The molecule has 110 valence electrons. The molecular weight excluding hydrogens is 254 g/mol. The number of carbonyl (C=O) groups is 2. The molecule has 1 N–H and O–H groups in total. The quantitative estimate of drug-likeness (QED) is 0.869. The minimum absolute atomic E-state index is 0.122.